The van der Waals surface area contributed by atoms with Gasteiger partial charge in [-0.3, -0.25) is 10.1 Å². The van der Waals surface area contributed by atoms with Crippen molar-refractivity contribution in [3.05, 3.63) is 80.6 Å². The molecule has 1 N–H and O–H groups in total. The average molecular weight is 345 g/mol. The summed E-state index contributed by atoms with van der Waals surface area (Å²) in [7, 11) is 0. The number of anilines is 1. The van der Waals surface area contributed by atoms with Gasteiger partial charge in [-0.2, -0.15) is 0 Å². The van der Waals surface area contributed by atoms with Gasteiger partial charge in [-0.25, -0.2) is 4.39 Å². The van der Waals surface area contributed by atoms with Crippen molar-refractivity contribution in [1.29, 1.82) is 0 Å². The molecule has 0 fully saturated rings. The highest BCUT2D eigenvalue weighted by atomic mass is 35.5. The minimum Gasteiger partial charge on any atom is -0.372 e. The first kappa shape index (κ1) is 15.1. The summed E-state index contributed by atoms with van der Waals surface area (Å²) in [4.78, 5) is 11.0. The van der Waals surface area contributed by atoms with E-state index in [1.165, 1.54) is 18.2 Å². The van der Waals surface area contributed by atoms with Crippen molar-refractivity contribution in [3.8, 4) is 0 Å². The number of halogens is 2. The van der Waals surface area contributed by atoms with E-state index < -0.39 is 4.92 Å². The lowest BCUT2D eigenvalue weighted by atomic mass is 9.77. The summed E-state index contributed by atoms with van der Waals surface area (Å²) in [6, 6.07) is 9.35. The van der Waals surface area contributed by atoms with Gasteiger partial charge in [0.25, 0.3) is 5.69 Å². The normalized spacial score (nSPS) is 24.2. The summed E-state index contributed by atoms with van der Waals surface area (Å²) < 4.78 is 13.2. The summed E-state index contributed by atoms with van der Waals surface area (Å²) in [5.41, 5.74) is 2.26. The maximum Gasteiger partial charge on any atom is 0.294 e. The molecule has 0 spiro atoms. The molecule has 3 atom stereocenters. The van der Waals surface area contributed by atoms with E-state index in [1.807, 2.05) is 0 Å². The van der Waals surface area contributed by atoms with Crippen LogP contribution < -0.4 is 5.32 Å². The maximum atomic E-state index is 13.2. The lowest BCUT2D eigenvalue weighted by Crippen LogP contribution is -2.29. The van der Waals surface area contributed by atoms with Crippen LogP contribution in [0.25, 0.3) is 0 Å². The van der Waals surface area contributed by atoms with E-state index in [2.05, 4.69) is 17.5 Å². The number of nitrogens with zero attached hydrogens (tertiary/aromatic N) is 1. The van der Waals surface area contributed by atoms with E-state index >= 15 is 0 Å². The van der Waals surface area contributed by atoms with Gasteiger partial charge in [-0.1, -0.05) is 35.9 Å². The van der Waals surface area contributed by atoms with Gasteiger partial charge in [0.15, 0.2) is 0 Å². The fraction of sp³-hybridized carbons (Fsp3) is 0.222. The van der Waals surface area contributed by atoms with Gasteiger partial charge < -0.3 is 5.32 Å². The molecule has 2 aromatic rings. The van der Waals surface area contributed by atoms with Crippen LogP contribution in [0.2, 0.25) is 5.02 Å². The van der Waals surface area contributed by atoms with E-state index in [1.54, 1.807) is 18.2 Å². The largest absolute Gasteiger partial charge is 0.372 e. The fourth-order valence-electron chi connectivity index (χ4n) is 3.79. The van der Waals surface area contributed by atoms with Crippen LogP contribution in [0, 0.1) is 21.8 Å². The Morgan fingerprint density at radius 1 is 1.25 bits per heavy atom. The number of nitro benzene ring substituents is 1. The monoisotopic (exact) mass is 344 g/mol. The Bertz CT molecular complexity index is 851. The van der Waals surface area contributed by atoms with Crippen LogP contribution in [0.3, 0.4) is 0 Å². The summed E-state index contributed by atoms with van der Waals surface area (Å²) in [6.07, 6.45) is 5.04. The van der Waals surface area contributed by atoms with Crippen molar-refractivity contribution < 1.29 is 9.31 Å². The Morgan fingerprint density at radius 2 is 2.00 bits per heavy atom. The molecular weight excluding hydrogens is 331 g/mol. The summed E-state index contributed by atoms with van der Waals surface area (Å²) in [5, 5.41) is 15.1. The highest BCUT2D eigenvalue weighted by Gasteiger charge is 2.40. The molecule has 24 heavy (non-hydrogen) atoms. The zero-order valence-electron chi connectivity index (χ0n) is 12.6. The second-order valence-corrected chi connectivity index (χ2v) is 6.61. The van der Waals surface area contributed by atoms with Crippen molar-refractivity contribution in [3.63, 3.8) is 0 Å². The van der Waals surface area contributed by atoms with Gasteiger partial charge in [-0.15, -0.1) is 0 Å². The smallest absolute Gasteiger partial charge is 0.294 e. The molecule has 2 aromatic carbocycles. The molecule has 0 unspecified atom stereocenters. The lowest BCUT2D eigenvalue weighted by molar-refractivity contribution is -0.384. The Morgan fingerprint density at radius 3 is 2.71 bits per heavy atom. The van der Waals surface area contributed by atoms with Crippen LogP contribution >= 0.6 is 11.6 Å². The summed E-state index contributed by atoms with van der Waals surface area (Å²) in [6.45, 7) is 0. The highest BCUT2D eigenvalue weighted by Crippen LogP contribution is 2.52. The van der Waals surface area contributed by atoms with Crippen LogP contribution in [0.4, 0.5) is 15.8 Å². The standard InChI is InChI=1S/C18H14ClFN2O2/c19-11-8-15-13-2-1-3-14(13)17(10-4-6-12(20)7-5-10)21-18(15)16(9-11)22(23)24/h1-2,4-9,13-14,17,21H,3H2/t13-,14+,17-/m1/s1. The van der Waals surface area contributed by atoms with Gasteiger partial charge in [0.05, 0.1) is 11.0 Å². The van der Waals surface area contributed by atoms with Gasteiger partial charge in [0, 0.05) is 17.0 Å². The van der Waals surface area contributed by atoms with E-state index in [4.69, 9.17) is 11.6 Å². The molecule has 0 amide bonds. The molecule has 0 bridgehead atoms. The minimum absolute atomic E-state index is 0.0247. The average Bonchev–Trinajstić information content (AvgIpc) is 3.04. The molecular formula is C18H14ClFN2O2. The predicted octanol–water partition coefficient (Wildman–Crippen LogP) is 5.21. The number of allylic oxidation sites excluding steroid dienone is 2. The maximum absolute atomic E-state index is 13.2. The van der Waals surface area contributed by atoms with Crippen molar-refractivity contribution >= 4 is 23.0 Å². The third-order valence-corrected chi connectivity index (χ3v) is 5.06. The van der Waals surface area contributed by atoms with Crippen molar-refractivity contribution in [2.24, 2.45) is 5.92 Å². The van der Waals surface area contributed by atoms with Crippen molar-refractivity contribution in [2.75, 3.05) is 5.32 Å². The molecule has 1 heterocycles. The molecule has 4 rings (SSSR count). The van der Waals surface area contributed by atoms with E-state index in [-0.39, 0.29) is 29.4 Å². The van der Waals surface area contributed by atoms with E-state index in [0.717, 1.165) is 17.5 Å². The number of rotatable bonds is 2. The van der Waals surface area contributed by atoms with Gasteiger partial charge in [0.2, 0.25) is 0 Å². The molecule has 1 aliphatic heterocycles. The predicted molar refractivity (Wildman–Crippen MR) is 90.9 cm³/mol. The van der Waals surface area contributed by atoms with Crippen LogP contribution in [-0.2, 0) is 0 Å². The van der Waals surface area contributed by atoms with Gasteiger partial charge in [-0.05, 0) is 41.7 Å². The Balaban J connectivity index is 1.86. The zero-order chi connectivity index (χ0) is 16.8. The number of benzene rings is 2. The van der Waals surface area contributed by atoms with Crippen LogP contribution in [-0.4, -0.2) is 4.92 Å². The summed E-state index contributed by atoms with van der Waals surface area (Å²) in [5.74, 6) is -0.0106. The van der Waals surface area contributed by atoms with Crippen LogP contribution in [0.5, 0.6) is 0 Å². The number of nitro groups is 1. The Kier molecular flexibility index (Phi) is 3.53. The van der Waals surface area contributed by atoms with E-state index in [0.29, 0.717) is 10.7 Å². The second-order valence-electron chi connectivity index (χ2n) is 6.17. The van der Waals surface area contributed by atoms with Gasteiger partial charge >= 0.3 is 0 Å². The van der Waals surface area contributed by atoms with E-state index in [9.17, 15) is 14.5 Å². The van der Waals surface area contributed by atoms with Crippen LogP contribution in [0.15, 0.2) is 48.6 Å². The van der Waals surface area contributed by atoms with Crippen molar-refractivity contribution in [2.45, 2.75) is 18.4 Å². The molecule has 4 nitrogen and oxygen atoms in total. The number of fused-ring (bicyclic) bond motifs is 3. The quantitative estimate of drug-likeness (QED) is 0.462. The molecule has 2 aliphatic rings. The van der Waals surface area contributed by atoms with Crippen molar-refractivity contribution in [1.82, 2.24) is 0 Å². The molecule has 1 aliphatic carbocycles. The number of hydrogen-bond donors (Lipinski definition) is 1. The van der Waals surface area contributed by atoms with Gasteiger partial charge in [0.1, 0.15) is 11.5 Å². The molecule has 0 saturated carbocycles. The third-order valence-electron chi connectivity index (χ3n) is 4.84. The Labute approximate surface area is 143 Å². The first-order valence-electron chi connectivity index (χ1n) is 7.71. The topological polar surface area (TPSA) is 55.2 Å². The molecule has 0 aromatic heterocycles. The first-order chi connectivity index (χ1) is 11.5. The molecule has 0 saturated heterocycles. The zero-order valence-corrected chi connectivity index (χ0v) is 13.3. The molecule has 6 heteroatoms. The third kappa shape index (κ3) is 2.36. The molecule has 122 valence electrons. The molecule has 0 radical (unpaired) electrons. The summed E-state index contributed by atoms with van der Waals surface area (Å²) >= 11 is 6.09. The Hall–Kier alpha value is -2.40. The minimum atomic E-state index is -0.418. The highest BCUT2D eigenvalue weighted by molar-refractivity contribution is 6.31. The number of hydrogen-bond acceptors (Lipinski definition) is 3. The fourth-order valence-corrected chi connectivity index (χ4v) is 4.01. The lowest BCUT2D eigenvalue weighted by Gasteiger charge is -2.37. The van der Waals surface area contributed by atoms with Crippen LogP contribution in [0.1, 0.15) is 29.5 Å². The number of nitrogens with one attached hydrogen (secondary N) is 1. The second kappa shape index (κ2) is 5.60. The first-order valence-corrected chi connectivity index (χ1v) is 8.09. The SMILES string of the molecule is O=[N+]([O-])c1cc(Cl)cc2c1N[C@H](c1ccc(F)cc1)[C@H]1CC=C[C@@H]21.